The number of hydrogen-bond donors (Lipinski definition) is 2. The zero-order valence-corrected chi connectivity index (χ0v) is 13.8. The van der Waals surface area contributed by atoms with Crippen LogP contribution in [0.1, 0.15) is 18.5 Å². The van der Waals surface area contributed by atoms with Crippen LogP contribution < -0.4 is 15.8 Å². The van der Waals surface area contributed by atoms with Crippen molar-refractivity contribution in [2.24, 2.45) is 11.7 Å². The second kappa shape index (κ2) is 8.56. The molecule has 2 unspecified atom stereocenters. The van der Waals surface area contributed by atoms with Crippen molar-refractivity contribution in [3.05, 3.63) is 65.2 Å². The summed E-state index contributed by atoms with van der Waals surface area (Å²) in [6.07, 6.45) is 0. The molecule has 0 aliphatic rings. The van der Waals surface area contributed by atoms with Gasteiger partial charge in [-0.15, -0.1) is 0 Å². The first kappa shape index (κ1) is 17.3. The summed E-state index contributed by atoms with van der Waals surface area (Å²) in [4.78, 5) is 12.2. The van der Waals surface area contributed by atoms with Crippen LogP contribution in [0, 0.1) is 5.92 Å². The molecule has 0 saturated heterocycles. The first-order chi connectivity index (χ1) is 11.1. The molecule has 5 heteroatoms. The SMILES string of the molecule is CC(C(=O)NCCOc1cccc(Cl)c1)C(N)c1ccccc1. The molecule has 2 aromatic rings. The quantitative estimate of drug-likeness (QED) is 0.765. The van der Waals surface area contributed by atoms with Gasteiger partial charge in [-0.2, -0.15) is 0 Å². The Balaban J connectivity index is 1.76. The number of amides is 1. The zero-order chi connectivity index (χ0) is 16.7. The predicted molar refractivity (Wildman–Crippen MR) is 92.5 cm³/mol. The molecule has 0 spiro atoms. The predicted octanol–water partition coefficient (Wildman–Crippen LogP) is 3.17. The van der Waals surface area contributed by atoms with Crippen LogP contribution in [0.2, 0.25) is 5.02 Å². The van der Waals surface area contributed by atoms with Crippen molar-refractivity contribution in [1.29, 1.82) is 0 Å². The molecule has 0 bridgehead atoms. The van der Waals surface area contributed by atoms with Gasteiger partial charge >= 0.3 is 0 Å². The van der Waals surface area contributed by atoms with Crippen LogP contribution in [0.5, 0.6) is 5.75 Å². The number of rotatable bonds is 7. The molecule has 0 saturated carbocycles. The van der Waals surface area contributed by atoms with E-state index in [9.17, 15) is 4.79 Å². The Labute approximate surface area is 141 Å². The number of nitrogens with one attached hydrogen (secondary N) is 1. The average molecular weight is 333 g/mol. The van der Waals surface area contributed by atoms with Crippen molar-refractivity contribution in [3.8, 4) is 5.75 Å². The van der Waals surface area contributed by atoms with Crippen molar-refractivity contribution >= 4 is 17.5 Å². The minimum Gasteiger partial charge on any atom is -0.492 e. The van der Waals surface area contributed by atoms with Gasteiger partial charge in [-0.05, 0) is 23.8 Å². The highest BCUT2D eigenvalue weighted by molar-refractivity contribution is 6.30. The third kappa shape index (κ3) is 5.27. The summed E-state index contributed by atoms with van der Waals surface area (Å²) in [6, 6.07) is 16.4. The molecule has 23 heavy (non-hydrogen) atoms. The Kier molecular flexibility index (Phi) is 6.44. The van der Waals surface area contributed by atoms with E-state index in [0.717, 1.165) is 5.56 Å². The van der Waals surface area contributed by atoms with E-state index in [1.807, 2.05) is 49.4 Å². The van der Waals surface area contributed by atoms with E-state index < -0.39 is 0 Å². The summed E-state index contributed by atoms with van der Waals surface area (Å²) in [7, 11) is 0. The molecule has 0 heterocycles. The highest BCUT2D eigenvalue weighted by atomic mass is 35.5. The van der Waals surface area contributed by atoms with Gasteiger partial charge < -0.3 is 15.8 Å². The van der Waals surface area contributed by atoms with E-state index in [4.69, 9.17) is 22.1 Å². The summed E-state index contributed by atoms with van der Waals surface area (Å²) in [5.74, 6) is 0.278. The van der Waals surface area contributed by atoms with Gasteiger partial charge in [0.2, 0.25) is 5.91 Å². The molecule has 0 aromatic heterocycles. The maximum Gasteiger partial charge on any atom is 0.224 e. The van der Waals surface area contributed by atoms with E-state index >= 15 is 0 Å². The molecule has 2 aromatic carbocycles. The van der Waals surface area contributed by atoms with E-state index in [2.05, 4.69) is 5.32 Å². The van der Waals surface area contributed by atoms with Crippen LogP contribution >= 0.6 is 11.6 Å². The van der Waals surface area contributed by atoms with Crippen molar-refractivity contribution < 1.29 is 9.53 Å². The van der Waals surface area contributed by atoms with Crippen LogP contribution in [-0.2, 0) is 4.79 Å². The Morgan fingerprint density at radius 1 is 1.22 bits per heavy atom. The van der Waals surface area contributed by atoms with Gasteiger partial charge in [0.25, 0.3) is 0 Å². The Hall–Kier alpha value is -2.04. The molecule has 0 aliphatic heterocycles. The molecule has 2 rings (SSSR count). The fourth-order valence-electron chi connectivity index (χ4n) is 2.19. The molecular weight excluding hydrogens is 312 g/mol. The number of carbonyl (C=O) groups excluding carboxylic acids is 1. The molecule has 0 radical (unpaired) electrons. The van der Waals surface area contributed by atoms with Crippen LogP contribution in [0.3, 0.4) is 0 Å². The Morgan fingerprint density at radius 3 is 2.65 bits per heavy atom. The Morgan fingerprint density at radius 2 is 1.96 bits per heavy atom. The van der Waals surface area contributed by atoms with Crippen molar-refractivity contribution in [3.63, 3.8) is 0 Å². The summed E-state index contributed by atoms with van der Waals surface area (Å²) in [6.45, 7) is 2.61. The largest absolute Gasteiger partial charge is 0.492 e. The molecule has 0 aliphatic carbocycles. The molecule has 1 amide bonds. The molecule has 2 atom stereocenters. The third-order valence-corrected chi connectivity index (χ3v) is 3.84. The van der Waals surface area contributed by atoms with Crippen LogP contribution in [0.25, 0.3) is 0 Å². The van der Waals surface area contributed by atoms with E-state index in [-0.39, 0.29) is 17.9 Å². The standard InChI is InChI=1S/C18H21ClN2O2/c1-13(17(20)14-6-3-2-4-7-14)18(22)21-10-11-23-16-9-5-8-15(19)12-16/h2-9,12-13,17H,10-11,20H2,1H3,(H,21,22). The highest BCUT2D eigenvalue weighted by Gasteiger charge is 2.21. The minimum atomic E-state index is -0.329. The molecule has 4 nitrogen and oxygen atoms in total. The zero-order valence-electron chi connectivity index (χ0n) is 13.0. The third-order valence-electron chi connectivity index (χ3n) is 3.60. The van der Waals surface area contributed by atoms with Gasteiger partial charge in [0, 0.05) is 11.1 Å². The number of nitrogens with two attached hydrogens (primary N) is 1. The summed E-state index contributed by atoms with van der Waals surface area (Å²) >= 11 is 5.88. The van der Waals surface area contributed by atoms with Crippen LogP contribution in [0.15, 0.2) is 54.6 Å². The summed E-state index contributed by atoms with van der Waals surface area (Å²) < 4.78 is 5.53. The molecular formula is C18H21ClN2O2. The second-order valence-electron chi connectivity index (χ2n) is 5.32. The monoisotopic (exact) mass is 332 g/mol. The van der Waals surface area contributed by atoms with Crippen molar-refractivity contribution in [2.45, 2.75) is 13.0 Å². The molecule has 3 N–H and O–H groups in total. The van der Waals surface area contributed by atoms with Gasteiger partial charge in [-0.25, -0.2) is 0 Å². The van der Waals surface area contributed by atoms with E-state index in [1.54, 1.807) is 12.1 Å². The maximum atomic E-state index is 12.2. The fourth-order valence-corrected chi connectivity index (χ4v) is 2.37. The van der Waals surface area contributed by atoms with Crippen LogP contribution in [-0.4, -0.2) is 19.1 Å². The van der Waals surface area contributed by atoms with Gasteiger partial charge in [0.05, 0.1) is 12.5 Å². The van der Waals surface area contributed by atoms with E-state index in [0.29, 0.717) is 23.9 Å². The lowest BCUT2D eigenvalue weighted by Crippen LogP contribution is -2.37. The normalized spacial score (nSPS) is 13.2. The summed E-state index contributed by atoms with van der Waals surface area (Å²) in [5, 5.41) is 3.46. The topological polar surface area (TPSA) is 64.3 Å². The van der Waals surface area contributed by atoms with Crippen molar-refractivity contribution in [2.75, 3.05) is 13.2 Å². The van der Waals surface area contributed by atoms with Crippen molar-refractivity contribution in [1.82, 2.24) is 5.32 Å². The van der Waals surface area contributed by atoms with Gasteiger partial charge in [0.1, 0.15) is 12.4 Å². The lowest BCUT2D eigenvalue weighted by Gasteiger charge is -2.19. The minimum absolute atomic E-state index is 0.0870. The lowest BCUT2D eigenvalue weighted by atomic mass is 9.95. The molecule has 122 valence electrons. The maximum absolute atomic E-state index is 12.2. The fraction of sp³-hybridized carbons (Fsp3) is 0.278. The Bertz CT molecular complexity index is 634. The van der Waals surface area contributed by atoms with Crippen LogP contribution in [0.4, 0.5) is 0 Å². The number of carbonyl (C=O) groups is 1. The number of ether oxygens (including phenoxy) is 1. The van der Waals surface area contributed by atoms with Gasteiger partial charge in [-0.1, -0.05) is 54.9 Å². The van der Waals surface area contributed by atoms with E-state index in [1.165, 1.54) is 0 Å². The summed E-state index contributed by atoms with van der Waals surface area (Å²) in [5.41, 5.74) is 7.09. The second-order valence-corrected chi connectivity index (χ2v) is 5.76. The highest BCUT2D eigenvalue weighted by Crippen LogP contribution is 2.19. The number of halogens is 1. The van der Waals surface area contributed by atoms with Gasteiger partial charge in [-0.3, -0.25) is 4.79 Å². The molecule has 0 fully saturated rings. The van der Waals surface area contributed by atoms with Gasteiger partial charge in [0.15, 0.2) is 0 Å². The number of hydrogen-bond acceptors (Lipinski definition) is 3. The first-order valence-corrected chi connectivity index (χ1v) is 7.92. The average Bonchev–Trinajstić information content (AvgIpc) is 2.58. The smallest absolute Gasteiger partial charge is 0.224 e. The number of benzene rings is 2. The lowest BCUT2D eigenvalue weighted by molar-refractivity contribution is -0.125. The first-order valence-electron chi connectivity index (χ1n) is 7.54.